The van der Waals surface area contributed by atoms with Gasteiger partial charge in [-0.1, -0.05) is 30.3 Å². The van der Waals surface area contributed by atoms with Crippen LogP contribution in [0.15, 0.2) is 46.7 Å². The molecule has 0 bridgehead atoms. The molecule has 1 atom stereocenters. The molecule has 6 heteroatoms. The molecule has 0 aliphatic heterocycles. The van der Waals surface area contributed by atoms with Crippen molar-refractivity contribution in [1.29, 1.82) is 0 Å². The number of Topliss-reactive ketones (excluding diaryl/α,β-unsaturated/α-hetero) is 1. The lowest BCUT2D eigenvalue weighted by atomic mass is 9.83. The molecule has 0 heterocycles. The molecule has 0 saturated heterocycles. The molecule has 2 rings (SSSR count). The molecule has 1 aromatic carbocycles. The lowest BCUT2D eigenvalue weighted by molar-refractivity contribution is -0.116. The summed E-state index contributed by atoms with van der Waals surface area (Å²) in [5, 5.41) is 10.3. The number of likely N-dealkylation sites (N-methyl/N-ethyl adjacent to an activating group) is 1. The zero-order valence-electron chi connectivity index (χ0n) is 16.4. The second-order valence-electron chi connectivity index (χ2n) is 7.74. The largest absolute Gasteiger partial charge is 0.511 e. The van der Waals surface area contributed by atoms with Crippen LogP contribution in [0.2, 0.25) is 0 Å². The maximum atomic E-state index is 12.4. The Balaban J connectivity index is 1.91. The summed E-state index contributed by atoms with van der Waals surface area (Å²) in [5.74, 6) is -0.0460. The van der Waals surface area contributed by atoms with E-state index in [0.29, 0.717) is 25.9 Å². The number of nitrogens with zero attached hydrogens (tertiary/aromatic N) is 2. The van der Waals surface area contributed by atoms with Crippen LogP contribution in [-0.2, 0) is 9.53 Å². The predicted octanol–water partition coefficient (Wildman–Crippen LogP) is 3.88. The molecule has 27 heavy (non-hydrogen) atoms. The molecule has 0 radical (unpaired) electrons. The van der Waals surface area contributed by atoms with Crippen LogP contribution in [0.1, 0.15) is 45.1 Å². The number of aliphatic imine (C=N–C) groups is 1. The number of aliphatic hydroxyl groups is 1. The average molecular weight is 372 g/mol. The third-order valence-electron chi connectivity index (χ3n) is 4.24. The fourth-order valence-electron chi connectivity index (χ4n) is 2.81. The molecule has 0 aromatic heterocycles. The molecule has 0 fully saturated rings. The number of ketones is 1. The predicted molar refractivity (Wildman–Crippen MR) is 105 cm³/mol. The number of carbonyl (C=O) groups is 2. The van der Waals surface area contributed by atoms with Gasteiger partial charge in [-0.05, 0) is 32.3 Å². The second kappa shape index (κ2) is 8.84. The molecule has 1 N–H and O–H groups in total. The van der Waals surface area contributed by atoms with Gasteiger partial charge in [-0.2, -0.15) is 0 Å². The van der Waals surface area contributed by atoms with E-state index in [1.807, 2.05) is 51.1 Å². The molecule has 1 aromatic rings. The summed E-state index contributed by atoms with van der Waals surface area (Å²) in [4.78, 5) is 29.9. The van der Waals surface area contributed by atoms with Gasteiger partial charge >= 0.3 is 6.09 Å². The summed E-state index contributed by atoms with van der Waals surface area (Å²) in [7, 11) is 1.64. The topological polar surface area (TPSA) is 79.2 Å². The van der Waals surface area contributed by atoms with Crippen LogP contribution >= 0.6 is 0 Å². The van der Waals surface area contributed by atoms with Crippen LogP contribution in [0.3, 0.4) is 0 Å². The maximum Gasteiger partial charge on any atom is 0.410 e. The van der Waals surface area contributed by atoms with Gasteiger partial charge in [0, 0.05) is 32.6 Å². The lowest BCUT2D eigenvalue weighted by Gasteiger charge is -2.24. The Labute approximate surface area is 160 Å². The van der Waals surface area contributed by atoms with Gasteiger partial charge < -0.3 is 14.7 Å². The molecule has 0 saturated carbocycles. The van der Waals surface area contributed by atoms with Gasteiger partial charge in [0.2, 0.25) is 0 Å². The van der Waals surface area contributed by atoms with Gasteiger partial charge in [-0.25, -0.2) is 4.79 Å². The average Bonchev–Trinajstić information content (AvgIpc) is 2.59. The Morgan fingerprint density at radius 1 is 1.30 bits per heavy atom. The van der Waals surface area contributed by atoms with Gasteiger partial charge in [0.1, 0.15) is 11.4 Å². The van der Waals surface area contributed by atoms with Crippen LogP contribution in [0.4, 0.5) is 4.79 Å². The van der Waals surface area contributed by atoms with Gasteiger partial charge in [0.15, 0.2) is 5.78 Å². The van der Waals surface area contributed by atoms with Gasteiger partial charge in [-0.3, -0.25) is 9.79 Å². The molecule has 0 spiro atoms. The number of amides is 1. The normalized spacial score (nSPS) is 18.1. The minimum atomic E-state index is -0.547. The van der Waals surface area contributed by atoms with Crippen LogP contribution in [0, 0.1) is 0 Å². The summed E-state index contributed by atoms with van der Waals surface area (Å²) in [6.45, 7) is 6.11. The quantitative estimate of drug-likeness (QED) is 0.796. The highest BCUT2D eigenvalue weighted by molar-refractivity contribution is 6.14. The van der Waals surface area contributed by atoms with Crippen LogP contribution in [0.5, 0.6) is 0 Å². The first-order valence-electron chi connectivity index (χ1n) is 9.11. The number of hydrogen-bond donors (Lipinski definition) is 1. The Hall–Kier alpha value is -2.63. The van der Waals surface area contributed by atoms with E-state index >= 15 is 0 Å². The Morgan fingerprint density at radius 3 is 2.56 bits per heavy atom. The van der Waals surface area contributed by atoms with Crippen LogP contribution in [0.25, 0.3) is 0 Å². The molecule has 1 aliphatic rings. The highest BCUT2D eigenvalue weighted by atomic mass is 16.6. The highest BCUT2D eigenvalue weighted by Crippen LogP contribution is 2.32. The summed E-state index contributed by atoms with van der Waals surface area (Å²) in [6.07, 6.45) is 1.78. The Morgan fingerprint density at radius 2 is 1.96 bits per heavy atom. The van der Waals surface area contributed by atoms with Crippen molar-refractivity contribution in [2.75, 3.05) is 20.1 Å². The van der Waals surface area contributed by atoms with Gasteiger partial charge in [0.05, 0.1) is 12.1 Å². The molecule has 1 aliphatic carbocycles. The van der Waals surface area contributed by atoms with E-state index in [2.05, 4.69) is 4.99 Å². The van der Waals surface area contributed by atoms with E-state index in [9.17, 15) is 14.7 Å². The minimum Gasteiger partial charge on any atom is -0.511 e. The maximum absolute atomic E-state index is 12.4. The van der Waals surface area contributed by atoms with Crippen molar-refractivity contribution < 1.29 is 19.4 Å². The van der Waals surface area contributed by atoms with E-state index in [1.165, 1.54) is 11.1 Å². The van der Waals surface area contributed by atoms with Crippen molar-refractivity contribution in [3.05, 3.63) is 47.2 Å². The van der Waals surface area contributed by atoms with E-state index in [4.69, 9.17) is 4.74 Å². The van der Waals surface area contributed by atoms with Crippen molar-refractivity contribution in [2.24, 2.45) is 4.99 Å². The van der Waals surface area contributed by atoms with Crippen molar-refractivity contribution in [2.45, 2.75) is 45.1 Å². The minimum absolute atomic E-state index is 0.00542. The number of hydrogen-bond acceptors (Lipinski definition) is 5. The number of aliphatic hydroxyl groups excluding tert-OH is 1. The summed E-state index contributed by atoms with van der Waals surface area (Å²) in [6, 6.07) is 9.72. The molecule has 146 valence electrons. The summed E-state index contributed by atoms with van der Waals surface area (Å²) < 4.78 is 5.27. The first-order valence-corrected chi connectivity index (χ1v) is 9.11. The Kier molecular flexibility index (Phi) is 6.77. The van der Waals surface area contributed by atoms with E-state index in [-0.39, 0.29) is 23.0 Å². The number of ether oxygens (including phenoxy) is 1. The van der Waals surface area contributed by atoms with E-state index < -0.39 is 11.7 Å². The molecule has 1 unspecified atom stereocenters. The summed E-state index contributed by atoms with van der Waals surface area (Å²) >= 11 is 0. The monoisotopic (exact) mass is 372 g/mol. The van der Waals surface area contributed by atoms with E-state index in [1.54, 1.807) is 7.05 Å². The molecule has 6 nitrogen and oxygen atoms in total. The third kappa shape index (κ3) is 6.24. The van der Waals surface area contributed by atoms with Crippen molar-refractivity contribution in [3.8, 4) is 0 Å². The van der Waals surface area contributed by atoms with Gasteiger partial charge in [0.25, 0.3) is 0 Å². The standard InChI is InChI=1S/C21H28N2O4/c1-21(2,3)27-20(26)23(4)11-10-22-14-17-18(24)12-16(13-19(17)25)15-8-6-5-7-9-15/h5-9,14,16,24H,10-13H2,1-4H3. The molecule has 1 amide bonds. The number of rotatable bonds is 5. The number of benzene rings is 1. The summed E-state index contributed by atoms with van der Waals surface area (Å²) in [5.41, 5.74) is 0.768. The number of allylic oxidation sites excluding steroid dienone is 2. The highest BCUT2D eigenvalue weighted by Gasteiger charge is 2.27. The lowest BCUT2D eigenvalue weighted by Crippen LogP contribution is -2.35. The van der Waals surface area contributed by atoms with Crippen molar-refractivity contribution in [3.63, 3.8) is 0 Å². The SMILES string of the molecule is CN(CCN=CC1=C(O)CC(c2ccccc2)CC1=O)C(=O)OC(C)(C)C. The smallest absolute Gasteiger partial charge is 0.410 e. The molecular weight excluding hydrogens is 344 g/mol. The number of carbonyl (C=O) groups excluding carboxylic acids is 2. The third-order valence-corrected chi connectivity index (χ3v) is 4.24. The van der Waals surface area contributed by atoms with Crippen LogP contribution < -0.4 is 0 Å². The first kappa shape index (κ1) is 20.7. The molecular formula is C21H28N2O4. The fraction of sp³-hybridized carbons (Fsp3) is 0.476. The zero-order valence-corrected chi connectivity index (χ0v) is 16.4. The fourth-order valence-corrected chi connectivity index (χ4v) is 2.81. The van der Waals surface area contributed by atoms with Crippen molar-refractivity contribution in [1.82, 2.24) is 4.90 Å². The van der Waals surface area contributed by atoms with Crippen molar-refractivity contribution >= 4 is 18.1 Å². The Bertz CT molecular complexity index is 732. The second-order valence-corrected chi connectivity index (χ2v) is 7.74. The van der Waals surface area contributed by atoms with Gasteiger partial charge in [-0.15, -0.1) is 0 Å². The zero-order chi connectivity index (χ0) is 20.0. The first-order chi connectivity index (χ1) is 12.7. The van der Waals surface area contributed by atoms with Crippen LogP contribution in [-0.4, -0.2) is 53.8 Å². The van der Waals surface area contributed by atoms with E-state index in [0.717, 1.165) is 5.56 Å².